The summed E-state index contributed by atoms with van der Waals surface area (Å²) in [7, 11) is 0. The molecule has 4 nitrogen and oxygen atoms in total. The van der Waals surface area contributed by atoms with Crippen LogP contribution in [-0.2, 0) is 9.59 Å². The summed E-state index contributed by atoms with van der Waals surface area (Å²) in [6, 6.07) is 0. The zero-order valence-electron chi connectivity index (χ0n) is 8.83. The van der Waals surface area contributed by atoms with Gasteiger partial charge in [-0.3, -0.25) is 4.79 Å². The number of rotatable bonds is 3. The Hall–Kier alpha value is -0.550. The molecule has 0 amide bonds. The lowest BCUT2D eigenvalue weighted by molar-refractivity contribution is -0.158. The van der Waals surface area contributed by atoms with Crippen molar-refractivity contribution in [3.05, 3.63) is 0 Å². The Labute approximate surface area is 87.7 Å². The van der Waals surface area contributed by atoms with E-state index in [0.717, 1.165) is 18.7 Å². The van der Waals surface area contributed by atoms with Crippen LogP contribution in [-0.4, -0.2) is 31.6 Å². The van der Waals surface area contributed by atoms with Gasteiger partial charge in [0, 0.05) is 4.75 Å². The first-order valence-corrected chi connectivity index (χ1v) is 5.04. The fourth-order valence-corrected chi connectivity index (χ4v) is 1.77. The van der Waals surface area contributed by atoms with Crippen LogP contribution >= 0.6 is 11.8 Å². The van der Waals surface area contributed by atoms with Gasteiger partial charge in [0.05, 0.1) is 6.42 Å². The van der Waals surface area contributed by atoms with E-state index in [4.69, 9.17) is 5.11 Å². The average molecular weight is 220 g/mol. The summed E-state index contributed by atoms with van der Waals surface area (Å²) < 4.78 is -0.258. The van der Waals surface area contributed by atoms with E-state index in [2.05, 4.69) is 0 Å². The van der Waals surface area contributed by atoms with Crippen LogP contribution in [0.2, 0.25) is 0 Å². The van der Waals surface area contributed by atoms with E-state index in [0.29, 0.717) is 0 Å². The molecule has 14 heavy (non-hydrogen) atoms. The highest BCUT2D eigenvalue weighted by Gasteiger charge is 2.34. The minimum absolute atomic E-state index is 0.258. The van der Waals surface area contributed by atoms with E-state index < -0.39 is 11.6 Å². The van der Waals surface area contributed by atoms with Crippen molar-refractivity contribution >= 4 is 22.8 Å². The van der Waals surface area contributed by atoms with Gasteiger partial charge in [0.2, 0.25) is 0 Å². The van der Waals surface area contributed by atoms with Gasteiger partial charge in [-0.25, -0.2) is 4.79 Å². The molecule has 0 aromatic rings. The standard InChI is InChI=1S/C9H16O4S/c1-8(2,3)14-6(10)5-9(4,13)7(11)12/h13H,5H2,1-4H3,(H,11,12)/t9-/m0/s1. The third-order valence-corrected chi connectivity index (χ3v) is 2.35. The molecule has 0 aromatic heterocycles. The molecule has 0 aromatic carbocycles. The van der Waals surface area contributed by atoms with Crippen molar-refractivity contribution in [2.24, 2.45) is 0 Å². The third-order valence-electron chi connectivity index (χ3n) is 1.37. The number of thioether (sulfide) groups is 1. The molecule has 0 rings (SSSR count). The number of carboxylic acids is 1. The number of aliphatic carboxylic acids is 1. The molecular formula is C9H16O4S. The van der Waals surface area contributed by atoms with Crippen LogP contribution in [0.5, 0.6) is 0 Å². The molecular weight excluding hydrogens is 204 g/mol. The highest BCUT2D eigenvalue weighted by Crippen LogP contribution is 2.27. The summed E-state index contributed by atoms with van der Waals surface area (Å²) >= 11 is 1.04. The van der Waals surface area contributed by atoms with Crippen molar-refractivity contribution in [3.63, 3.8) is 0 Å². The summed E-state index contributed by atoms with van der Waals surface area (Å²) in [4.78, 5) is 21.8. The van der Waals surface area contributed by atoms with Crippen LogP contribution in [0.15, 0.2) is 0 Å². The maximum Gasteiger partial charge on any atom is 0.335 e. The highest BCUT2D eigenvalue weighted by molar-refractivity contribution is 8.14. The zero-order valence-corrected chi connectivity index (χ0v) is 9.64. The molecule has 2 N–H and O–H groups in total. The Morgan fingerprint density at radius 2 is 1.64 bits per heavy atom. The van der Waals surface area contributed by atoms with Gasteiger partial charge in [-0.2, -0.15) is 0 Å². The predicted octanol–water partition coefficient (Wildman–Crippen LogP) is 1.27. The molecule has 0 heterocycles. The van der Waals surface area contributed by atoms with Crippen molar-refractivity contribution in [3.8, 4) is 0 Å². The fourth-order valence-electron chi connectivity index (χ4n) is 0.734. The van der Waals surface area contributed by atoms with E-state index in [1.807, 2.05) is 20.8 Å². The van der Waals surface area contributed by atoms with Gasteiger partial charge >= 0.3 is 5.97 Å². The topological polar surface area (TPSA) is 74.6 Å². The van der Waals surface area contributed by atoms with Gasteiger partial charge in [0.15, 0.2) is 10.7 Å². The van der Waals surface area contributed by atoms with Crippen molar-refractivity contribution in [1.29, 1.82) is 0 Å². The van der Waals surface area contributed by atoms with Crippen LogP contribution < -0.4 is 0 Å². The highest BCUT2D eigenvalue weighted by atomic mass is 32.2. The van der Waals surface area contributed by atoms with Crippen LogP contribution in [0.3, 0.4) is 0 Å². The summed E-state index contributed by atoms with van der Waals surface area (Å²) in [5, 5.41) is 17.6. The van der Waals surface area contributed by atoms with E-state index in [9.17, 15) is 14.7 Å². The quantitative estimate of drug-likeness (QED) is 0.749. The number of hydrogen-bond acceptors (Lipinski definition) is 4. The van der Waals surface area contributed by atoms with Crippen LogP contribution in [0.1, 0.15) is 34.1 Å². The second-order valence-electron chi connectivity index (χ2n) is 4.34. The molecule has 0 saturated carbocycles. The van der Waals surface area contributed by atoms with E-state index in [-0.39, 0.29) is 16.3 Å². The molecule has 0 radical (unpaired) electrons. The van der Waals surface area contributed by atoms with Crippen molar-refractivity contribution in [2.45, 2.75) is 44.5 Å². The molecule has 5 heteroatoms. The summed E-state index contributed by atoms with van der Waals surface area (Å²) in [6.45, 7) is 6.68. The first-order valence-electron chi connectivity index (χ1n) is 4.22. The lowest BCUT2D eigenvalue weighted by Gasteiger charge is -2.20. The van der Waals surface area contributed by atoms with Gasteiger partial charge in [-0.1, -0.05) is 32.5 Å². The minimum atomic E-state index is -1.96. The second kappa shape index (κ2) is 4.31. The molecule has 0 fully saturated rings. The summed E-state index contributed by atoms with van der Waals surface area (Å²) in [5.74, 6) is -1.37. The van der Waals surface area contributed by atoms with Crippen molar-refractivity contribution in [1.82, 2.24) is 0 Å². The molecule has 0 bridgehead atoms. The maximum atomic E-state index is 11.3. The molecule has 1 atom stereocenters. The average Bonchev–Trinajstić information content (AvgIpc) is 1.79. The van der Waals surface area contributed by atoms with Gasteiger partial charge in [0.25, 0.3) is 0 Å². The van der Waals surface area contributed by atoms with E-state index in [1.165, 1.54) is 0 Å². The minimum Gasteiger partial charge on any atom is -0.479 e. The number of aliphatic hydroxyl groups is 1. The number of hydrogen-bond donors (Lipinski definition) is 2. The van der Waals surface area contributed by atoms with Crippen LogP contribution in [0, 0.1) is 0 Å². The van der Waals surface area contributed by atoms with Crippen molar-refractivity contribution in [2.75, 3.05) is 0 Å². The summed E-state index contributed by atoms with van der Waals surface area (Å²) in [6.07, 6.45) is -0.371. The largest absolute Gasteiger partial charge is 0.479 e. The fraction of sp³-hybridized carbons (Fsp3) is 0.778. The van der Waals surface area contributed by atoms with E-state index in [1.54, 1.807) is 0 Å². The Balaban J connectivity index is 4.27. The van der Waals surface area contributed by atoms with Gasteiger partial charge in [-0.05, 0) is 6.92 Å². The predicted molar refractivity (Wildman–Crippen MR) is 55.2 cm³/mol. The summed E-state index contributed by atoms with van der Waals surface area (Å²) in [5.41, 5.74) is -1.96. The van der Waals surface area contributed by atoms with Gasteiger partial charge in [0.1, 0.15) is 0 Å². The molecule has 0 aliphatic rings. The Morgan fingerprint density at radius 3 is 1.93 bits per heavy atom. The Bertz CT molecular complexity index is 240. The lowest BCUT2D eigenvalue weighted by Crippen LogP contribution is -2.37. The molecule has 82 valence electrons. The zero-order chi connectivity index (χ0) is 11.6. The molecule has 0 spiro atoms. The van der Waals surface area contributed by atoms with Gasteiger partial charge in [-0.15, -0.1) is 0 Å². The number of carboxylic acid groups (broad SMARTS) is 1. The normalized spacial score (nSPS) is 16.1. The monoisotopic (exact) mass is 220 g/mol. The lowest BCUT2D eigenvalue weighted by atomic mass is 10.0. The SMILES string of the molecule is CC(C)(C)SC(=O)C[C@](C)(O)C(=O)O. The van der Waals surface area contributed by atoms with Crippen LogP contribution in [0.25, 0.3) is 0 Å². The van der Waals surface area contributed by atoms with E-state index >= 15 is 0 Å². The maximum absolute atomic E-state index is 11.3. The third kappa shape index (κ3) is 5.24. The Morgan fingerprint density at radius 1 is 1.21 bits per heavy atom. The second-order valence-corrected chi connectivity index (χ2v) is 6.23. The Kier molecular flexibility index (Phi) is 4.15. The molecule has 0 unspecified atom stereocenters. The molecule has 0 aliphatic carbocycles. The number of carbonyl (C=O) groups is 2. The molecule has 0 saturated heterocycles. The van der Waals surface area contributed by atoms with Gasteiger partial charge < -0.3 is 10.2 Å². The number of carbonyl (C=O) groups excluding carboxylic acids is 1. The molecule has 0 aliphatic heterocycles. The first-order chi connectivity index (χ1) is 6.04. The first kappa shape index (κ1) is 13.4. The smallest absolute Gasteiger partial charge is 0.335 e. The van der Waals surface area contributed by atoms with Crippen molar-refractivity contribution < 1.29 is 19.8 Å². The van der Waals surface area contributed by atoms with Crippen LogP contribution in [0.4, 0.5) is 0 Å².